The number of carbonyl (C=O) groups is 2. The van der Waals surface area contributed by atoms with E-state index in [-0.39, 0.29) is 17.7 Å². The quantitative estimate of drug-likeness (QED) is 0.706. The summed E-state index contributed by atoms with van der Waals surface area (Å²) < 4.78 is 1.91. The number of amides is 2. The molecule has 2 unspecified atom stereocenters. The van der Waals surface area contributed by atoms with Gasteiger partial charge in [-0.2, -0.15) is 5.10 Å². The molecular weight excluding hydrogens is 392 g/mol. The summed E-state index contributed by atoms with van der Waals surface area (Å²) in [6.07, 6.45) is 0.896. The second-order valence-corrected chi connectivity index (χ2v) is 9.62. The minimum Gasteiger partial charge on any atom is -0.367 e. The maximum Gasteiger partial charge on any atom is 0.235 e. The van der Waals surface area contributed by atoms with E-state index in [1.165, 1.54) is 25.3 Å². The molecule has 0 bridgehead atoms. The van der Waals surface area contributed by atoms with Gasteiger partial charge in [-0.05, 0) is 43.3 Å². The van der Waals surface area contributed by atoms with E-state index < -0.39 is 0 Å². The Labute approximate surface area is 181 Å². The molecular formula is C23H30N6O2. The predicted octanol–water partition coefficient (Wildman–Crippen LogP) is 0.681. The number of para-hydroxylation sites is 1. The number of imide groups is 1. The summed E-state index contributed by atoms with van der Waals surface area (Å²) in [6.45, 7) is 7.90. The fourth-order valence-electron chi connectivity index (χ4n) is 6.10. The van der Waals surface area contributed by atoms with Gasteiger partial charge in [-0.1, -0.05) is 12.1 Å². The van der Waals surface area contributed by atoms with Crippen molar-refractivity contribution in [3.05, 3.63) is 23.9 Å². The van der Waals surface area contributed by atoms with E-state index in [1.54, 1.807) is 0 Å². The summed E-state index contributed by atoms with van der Waals surface area (Å²) in [7, 11) is 1.96. The molecule has 3 aliphatic heterocycles. The van der Waals surface area contributed by atoms with Gasteiger partial charge in [0, 0.05) is 51.6 Å². The van der Waals surface area contributed by atoms with Crippen molar-refractivity contribution in [3.8, 4) is 0 Å². The highest BCUT2D eigenvalue weighted by Gasteiger charge is 2.52. The minimum absolute atomic E-state index is 0.189. The number of benzene rings is 1. The molecule has 2 amide bonds. The van der Waals surface area contributed by atoms with E-state index in [2.05, 4.69) is 38.6 Å². The zero-order valence-electron chi connectivity index (χ0n) is 18.0. The molecule has 0 radical (unpaired) electrons. The van der Waals surface area contributed by atoms with Gasteiger partial charge in [0.05, 0.1) is 22.8 Å². The van der Waals surface area contributed by atoms with Gasteiger partial charge in [0.25, 0.3) is 0 Å². The number of carbonyl (C=O) groups excluding carboxylic acids is 2. The van der Waals surface area contributed by atoms with Crippen LogP contribution in [0.1, 0.15) is 24.5 Å². The Bertz CT molecular complexity index is 1030. The number of fused-ring (bicyclic) bond motifs is 2. The number of anilines is 1. The summed E-state index contributed by atoms with van der Waals surface area (Å²) in [5, 5.41) is 11.7. The van der Waals surface area contributed by atoms with Crippen LogP contribution in [0.4, 0.5) is 5.69 Å². The molecule has 1 aliphatic carbocycles. The van der Waals surface area contributed by atoms with Crippen LogP contribution in [0.5, 0.6) is 0 Å². The summed E-state index contributed by atoms with van der Waals surface area (Å²) in [5.41, 5.74) is 3.06. The lowest BCUT2D eigenvalue weighted by Gasteiger charge is -2.36. The monoisotopic (exact) mass is 422 g/mol. The summed E-state index contributed by atoms with van der Waals surface area (Å²) in [4.78, 5) is 29.1. The normalized spacial score (nSPS) is 31.2. The molecule has 4 atom stereocenters. The number of hydrogen-bond donors (Lipinski definition) is 2. The van der Waals surface area contributed by atoms with Crippen molar-refractivity contribution in [2.24, 2.45) is 24.8 Å². The first-order valence-corrected chi connectivity index (χ1v) is 11.6. The van der Waals surface area contributed by atoms with Crippen molar-refractivity contribution in [3.63, 3.8) is 0 Å². The molecule has 4 aliphatic rings. The Kier molecular flexibility index (Phi) is 4.54. The smallest absolute Gasteiger partial charge is 0.235 e. The van der Waals surface area contributed by atoms with Crippen LogP contribution in [-0.4, -0.2) is 72.3 Å². The topological polar surface area (TPSA) is 82.5 Å². The van der Waals surface area contributed by atoms with Crippen molar-refractivity contribution in [1.82, 2.24) is 25.3 Å². The van der Waals surface area contributed by atoms with Crippen molar-refractivity contribution >= 4 is 28.4 Å². The molecule has 4 fully saturated rings. The second kappa shape index (κ2) is 7.31. The van der Waals surface area contributed by atoms with E-state index in [4.69, 9.17) is 5.10 Å². The molecule has 6 rings (SSSR count). The number of nitrogens with one attached hydrogen (secondary N) is 2. The Morgan fingerprint density at radius 2 is 1.87 bits per heavy atom. The van der Waals surface area contributed by atoms with Crippen LogP contribution >= 0.6 is 0 Å². The van der Waals surface area contributed by atoms with Crippen molar-refractivity contribution < 1.29 is 9.59 Å². The molecule has 0 spiro atoms. The lowest BCUT2D eigenvalue weighted by Crippen LogP contribution is -2.47. The van der Waals surface area contributed by atoms with Gasteiger partial charge in [0.15, 0.2) is 0 Å². The van der Waals surface area contributed by atoms with Crippen molar-refractivity contribution in [2.45, 2.75) is 18.8 Å². The first-order valence-electron chi connectivity index (χ1n) is 11.6. The van der Waals surface area contributed by atoms with Crippen LogP contribution in [-0.2, 0) is 16.6 Å². The fourth-order valence-corrected chi connectivity index (χ4v) is 6.10. The molecule has 8 heteroatoms. The van der Waals surface area contributed by atoms with E-state index in [9.17, 15) is 9.59 Å². The number of piperazine rings is 1. The van der Waals surface area contributed by atoms with Gasteiger partial charge in [-0.3, -0.25) is 24.5 Å². The lowest BCUT2D eigenvalue weighted by molar-refractivity contribution is -0.134. The Morgan fingerprint density at radius 1 is 1.10 bits per heavy atom. The van der Waals surface area contributed by atoms with E-state index in [0.29, 0.717) is 12.8 Å². The number of nitrogens with zero attached hydrogens (tertiary/aromatic N) is 4. The Morgan fingerprint density at radius 3 is 2.61 bits per heavy atom. The third-order valence-electron chi connectivity index (χ3n) is 7.89. The van der Waals surface area contributed by atoms with Gasteiger partial charge in [-0.15, -0.1) is 0 Å². The van der Waals surface area contributed by atoms with Crippen molar-refractivity contribution in [2.75, 3.05) is 50.7 Å². The van der Waals surface area contributed by atoms with Crippen LogP contribution in [0.2, 0.25) is 0 Å². The number of aromatic nitrogens is 2. The molecule has 1 aromatic heterocycles. The van der Waals surface area contributed by atoms with E-state index in [0.717, 1.165) is 60.5 Å². The summed E-state index contributed by atoms with van der Waals surface area (Å²) in [6, 6.07) is 6.30. The maximum atomic E-state index is 12.4. The van der Waals surface area contributed by atoms with Crippen molar-refractivity contribution in [1.29, 1.82) is 0 Å². The number of aryl methyl sites for hydroxylation is 1. The number of rotatable bonds is 4. The van der Waals surface area contributed by atoms with Crippen LogP contribution in [0.3, 0.4) is 0 Å². The average molecular weight is 423 g/mol. The third-order valence-corrected chi connectivity index (χ3v) is 7.89. The third kappa shape index (κ3) is 3.24. The Balaban J connectivity index is 1.20. The Hall–Kier alpha value is -2.45. The SMILES string of the molecule is Cn1nc(C2CCC(=O)NC2=O)c2cccc(N3CCN(CC4[C@H]5CNC[C@@H]45)CC3)c21. The van der Waals surface area contributed by atoms with Crippen LogP contribution in [0, 0.1) is 17.8 Å². The highest BCUT2D eigenvalue weighted by Crippen LogP contribution is 2.49. The van der Waals surface area contributed by atoms with Crippen LogP contribution in [0.25, 0.3) is 10.9 Å². The minimum atomic E-state index is -0.360. The van der Waals surface area contributed by atoms with Gasteiger partial charge in [0.1, 0.15) is 0 Å². The summed E-state index contributed by atoms with van der Waals surface area (Å²) in [5.74, 6) is 1.98. The molecule has 3 saturated heterocycles. The largest absolute Gasteiger partial charge is 0.367 e. The van der Waals surface area contributed by atoms with Gasteiger partial charge < -0.3 is 10.2 Å². The predicted molar refractivity (Wildman–Crippen MR) is 118 cm³/mol. The maximum absolute atomic E-state index is 12.4. The zero-order chi connectivity index (χ0) is 21.1. The molecule has 4 heterocycles. The molecule has 164 valence electrons. The van der Waals surface area contributed by atoms with Gasteiger partial charge in [0.2, 0.25) is 11.8 Å². The average Bonchev–Trinajstić information content (AvgIpc) is 3.09. The highest BCUT2D eigenvalue weighted by molar-refractivity contribution is 6.03. The van der Waals surface area contributed by atoms with E-state index in [1.807, 2.05) is 11.7 Å². The second-order valence-electron chi connectivity index (χ2n) is 9.62. The standard InChI is InChI=1S/C23H30N6O2/c1-27-22-14(21(26-27)15-5-6-20(30)25-23(15)31)3-2-4-19(22)29-9-7-28(8-10-29)13-18-16-11-24-12-17(16)18/h2-4,15-18,24H,5-13H2,1H3,(H,25,30,31)/t15?,16-,17+,18?. The number of piperidine rings is 2. The van der Waals surface area contributed by atoms with E-state index >= 15 is 0 Å². The fraction of sp³-hybridized carbons (Fsp3) is 0.609. The molecule has 2 aromatic rings. The lowest BCUT2D eigenvalue weighted by atomic mass is 9.92. The summed E-state index contributed by atoms with van der Waals surface area (Å²) >= 11 is 0. The first kappa shape index (κ1) is 19.3. The van der Waals surface area contributed by atoms with Crippen LogP contribution in [0.15, 0.2) is 18.2 Å². The molecule has 1 saturated carbocycles. The van der Waals surface area contributed by atoms with Gasteiger partial charge in [-0.25, -0.2) is 0 Å². The first-order chi connectivity index (χ1) is 15.1. The molecule has 2 N–H and O–H groups in total. The number of hydrogen-bond acceptors (Lipinski definition) is 6. The molecule has 31 heavy (non-hydrogen) atoms. The molecule has 1 aromatic carbocycles. The zero-order valence-corrected chi connectivity index (χ0v) is 18.0. The highest BCUT2D eigenvalue weighted by atomic mass is 16.2. The van der Waals surface area contributed by atoms with Gasteiger partial charge >= 0.3 is 0 Å². The van der Waals surface area contributed by atoms with Crippen LogP contribution < -0.4 is 15.5 Å². The molecule has 8 nitrogen and oxygen atoms in total.